The van der Waals surface area contributed by atoms with E-state index < -0.39 is 16.6 Å². The molecule has 0 spiro atoms. The lowest BCUT2D eigenvalue weighted by molar-refractivity contribution is 0.180. The van der Waals surface area contributed by atoms with E-state index in [0.717, 1.165) is 44.2 Å². The van der Waals surface area contributed by atoms with Gasteiger partial charge in [-0.1, -0.05) is 110 Å². The van der Waals surface area contributed by atoms with E-state index in [1.54, 1.807) is 20.3 Å². The molecule has 1 unspecified atom stereocenters. The summed E-state index contributed by atoms with van der Waals surface area (Å²) in [6, 6.07) is 28.9. The Labute approximate surface area is 325 Å². The first-order chi connectivity index (χ1) is 25.8. The molecule has 1 aliphatic carbocycles. The highest BCUT2D eigenvalue weighted by Gasteiger charge is 2.64. The Hall–Kier alpha value is -5.08. The number of hydrogen-bond acceptors (Lipinski definition) is 7. The molecule has 6 N–H and O–H groups in total. The molecule has 2 aromatic heterocycles. The molecule has 0 saturated heterocycles. The largest absolute Gasteiger partial charge is 0.497 e. The molecule has 0 saturated carbocycles. The topological polar surface area (TPSA) is 123 Å². The molecule has 0 fully saturated rings. The third-order valence-corrected chi connectivity index (χ3v) is 11.9. The molecule has 4 aromatic carbocycles. The minimum atomic E-state index is -1.47. The number of furan rings is 2. The summed E-state index contributed by atoms with van der Waals surface area (Å²) in [5.74, 6) is 2.71. The number of hydrogen-bond donors (Lipinski definition) is 3. The van der Waals surface area contributed by atoms with Crippen molar-refractivity contribution in [2.45, 2.75) is 83.8 Å². The Morgan fingerprint density at radius 2 is 1.02 bits per heavy atom. The van der Waals surface area contributed by atoms with Gasteiger partial charge in [-0.25, -0.2) is 0 Å². The second-order valence-corrected chi connectivity index (χ2v) is 17.7. The predicted molar refractivity (Wildman–Crippen MR) is 227 cm³/mol. The smallest absolute Gasteiger partial charge is 0.142 e. The zero-order chi connectivity index (χ0) is 39.9. The van der Waals surface area contributed by atoms with Crippen LogP contribution in [-0.2, 0) is 10.8 Å². The van der Waals surface area contributed by atoms with Crippen molar-refractivity contribution < 1.29 is 18.3 Å². The van der Waals surface area contributed by atoms with Gasteiger partial charge in [-0.15, -0.1) is 6.58 Å². The van der Waals surface area contributed by atoms with Gasteiger partial charge in [0.1, 0.15) is 34.2 Å². The van der Waals surface area contributed by atoms with Crippen LogP contribution >= 0.6 is 0 Å². The van der Waals surface area contributed by atoms with Crippen LogP contribution in [0.2, 0.25) is 0 Å². The van der Waals surface area contributed by atoms with E-state index in [4.69, 9.17) is 35.5 Å². The number of ether oxygens (including phenoxy) is 2. The number of fused-ring (bicyclic) bond motifs is 2. The highest BCUT2D eigenvalue weighted by atomic mass is 16.5. The monoisotopic (exact) mass is 737 g/mol. The lowest BCUT2D eigenvalue weighted by Gasteiger charge is -2.46. The summed E-state index contributed by atoms with van der Waals surface area (Å²) < 4.78 is 25.1. The van der Waals surface area contributed by atoms with Crippen molar-refractivity contribution in [3.8, 4) is 34.1 Å². The van der Waals surface area contributed by atoms with Gasteiger partial charge >= 0.3 is 0 Å². The van der Waals surface area contributed by atoms with Gasteiger partial charge in [-0.2, -0.15) is 0 Å². The predicted octanol–water partition coefficient (Wildman–Crippen LogP) is 11.0. The van der Waals surface area contributed by atoms with Crippen LogP contribution in [-0.4, -0.2) is 25.4 Å². The number of benzene rings is 4. The Bertz CT molecular complexity index is 2460. The Kier molecular flexibility index (Phi) is 9.04. The first-order valence-corrected chi connectivity index (χ1v) is 18.9. The van der Waals surface area contributed by atoms with Gasteiger partial charge in [0.25, 0.3) is 0 Å². The van der Waals surface area contributed by atoms with E-state index >= 15 is 0 Å². The summed E-state index contributed by atoms with van der Waals surface area (Å²) in [7, 11) is 3.31. The van der Waals surface area contributed by atoms with Gasteiger partial charge in [-0.05, 0) is 63.8 Å². The van der Waals surface area contributed by atoms with Gasteiger partial charge in [0, 0.05) is 50.6 Å². The Balaban J connectivity index is 1.67. The van der Waals surface area contributed by atoms with Gasteiger partial charge in [-0.3, -0.25) is 0 Å². The maximum absolute atomic E-state index is 7.78. The van der Waals surface area contributed by atoms with Crippen molar-refractivity contribution in [3.05, 3.63) is 120 Å². The fourth-order valence-corrected chi connectivity index (χ4v) is 8.35. The number of nitrogens with two attached hydrogens (primary N) is 3. The van der Waals surface area contributed by atoms with Crippen molar-refractivity contribution in [1.82, 2.24) is 0 Å². The van der Waals surface area contributed by atoms with Crippen LogP contribution in [0.1, 0.15) is 84.1 Å². The molecule has 2 heterocycles. The van der Waals surface area contributed by atoms with Crippen LogP contribution in [0.25, 0.3) is 55.7 Å². The number of methoxy groups -OCH3 is 2. The molecule has 55 heavy (non-hydrogen) atoms. The highest BCUT2D eigenvalue weighted by molar-refractivity contribution is 6.15. The standard InChI is InChI=1S/C48H55N3O4/c1-12-25-47(49)41(39-35-24-22-33(53-11)27-37(35)55-43(39)29-15-19-31(20-16-29)45(5,6)7)40(46(8,9)48(47,50)51)38-34-23-21-32(52-10)26-36(34)54-42(38)28-13-17-30(18-14-28)44(2,3)4/h12-24,26-27H,1,25,49-51H2,2-11H3. The molecule has 1 aliphatic rings. The molecular weight excluding hydrogens is 683 g/mol. The van der Waals surface area contributed by atoms with E-state index in [-0.39, 0.29) is 10.8 Å². The average Bonchev–Trinajstić information content (AvgIpc) is 3.73. The van der Waals surface area contributed by atoms with Crippen LogP contribution in [0.4, 0.5) is 0 Å². The Morgan fingerprint density at radius 1 is 0.618 bits per heavy atom. The van der Waals surface area contributed by atoms with Crippen molar-refractivity contribution in [2.24, 2.45) is 22.6 Å². The first kappa shape index (κ1) is 38.2. The average molecular weight is 738 g/mol. The van der Waals surface area contributed by atoms with Crippen molar-refractivity contribution in [1.29, 1.82) is 0 Å². The molecule has 0 aliphatic heterocycles. The second-order valence-electron chi connectivity index (χ2n) is 17.7. The first-order valence-electron chi connectivity index (χ1n) is 18.9. The molecule has 7 rings (SSSR count). The van der Waals surface area contributed by atoms with E-state index in [1.807, 2.05) is 36.4 Å². The molecule has 0 bridgehead atoms. The molecule has 286 valence electrons. The minimum absolute atomic E-state index is 0.0270. The van der Waals surface area contributed by atoms with Crippen molar-refractivity contribution >= 4 is 33.1 Å². The quantitative estimate of drug-likeness (QED) is 0.105. The highest BCUT2D eigenvalue weighted by Crippen LogP contribution is 2.63. The zero-order valence-electron chi connectivity index (χ0n) is 33.9. The maximum Gasteiger partial charge on any atom is 0.142 e. The van der Waals surface area contributed by atoms with Crippen LogP contribution in [0.15, 0.2) is 106 Å². The third-order valence-electron chi connectivity index (χ3n) is 11.9. The summed E-state index contributed by atoms with van der Waals surface area (Å²) in [6.45, 7) is 21.6. The normalized spacial score (nSPS) is 18.3. The summed E-state index contributed by atoms with van der Waals surface area (Å²) in [5.41, 5.74) is 27.9. The van der Waals surface area contributed by atoms with E-state index in [2.05, 4.69) is 110 Å². The maximum atomic E-state index is 7.78. The fraction of sp³-hybridized carbons (Fsp3) is 0.333. The summed E-state index contributed by atoms with van der Waals surface area (Å²) in [4.78, 5) is 0. The summed E-state index contributed by atoms with van der Waals surface area (Å²) in [5, 5.41) is 1.75. The van der Waals surface area contributed by atoms with E-state index in [0.29, 0.717) is 40.6 Å². The van der Waals surface area contributed by atoms with E-state index in [1.165, 1.54) is 11.1 Å². The van der Waals surface area contributed by atoms with Gasteiger partial charge < -0.3 is 35.5 Å². The van der Waals surface area contributed by atoms with Gasteiger partial charge in [0.15, 0.2) is 0 Å². The summed E-state index contributed by atoms with van der Waals surface area (Å²) in [6.07, 6.45) is 2.10. The minimum Gasteiger partial charge on any atom is -0.497 e. The molecule has 1 atom stereocenters. The lowest BCUT2D eigenvalue weighted by Crippen LogP contribution is -2.74. The van der Waals surface area contributed by atoms with Gasteiger partial charge in [0.2, 0.25) is 0 Å². The number of rotatable bonds is 8. The van der Waals surface area contributed by atoms with Crippen LogP contribution in [0.3, 0.4) is 0 Å². The SMILES string of the molecule is C=CCC1(N)C(c2c(-c3ccc(C(C)(C)C)cc3)oc3cc(OC)ccc23)=C(c2c(-c3ccc(C(C)(C)C)cc3)oc3cc(OC)ccc23)C(C)(C)C1(N)N. The Morgan fingerprint density at radius 3 is 1.38 bits per heavy atom. The third kappa shape index (κ3) is 5.92. The van der Waals surface area contributed by atoms with Crippen molar-refractivity contribution in [3.63, 3.8) is 0 Å². The van der Waals surface area contributed by atoms with E-state index in [9.17, 15) is 0 Å². The molecule has 7 nitrogen and oxygen atoms in total. The summed E-state index contributed by atoms with van der Waals surface area (Å²) >= 11 is 0. The molecule has 0 radical (unpaired) electrons. The van der Waals surface area contributed by atoms with Gasteiger partial charge in [0.05, 0.1) is 25.4 Å². The molecular formula is C48H55N3O4. The zero-order valence-corrected chi connectivity index (χ0v) is 33.9. The molecule has 7 heteroatoms. The van der Waals surface area contributed by atoms with Crippen LogP contribution in [0.5, 0.6) is 11.5 Å². The second kappa shape index (κ2) is 13.0. The molecule has 6 aromatic rings. The fourth-order valence-electron chi connectivity index (χ4n) is 8.35. The van der Waals surface area contributed by atoms with Crippen LogP contribution < -0.4 is 26.7 Å². The lowest BCUT2D eigenvalue weighted by atomic mass is 9.69. The van der Waals surface area contributed by atoms with Crippen LogP contribution in [0, 0.1) is 5.41 Å². The van der Waals surface area contributed by atoms with Crippen molar-refractivity contribution in [2.75, 3.05) is 14.2 Å². The molecule has 0 amide bonds.